The number of aromatic nitrogens is 2. The van der Waals surface area contributed by atoms with Crippen molar-refractivity contribution in [3.63, 3.8) is 0 Å². The van der Waals surface area contributed by atoms with Crippen LogP contribution in [0.25, 0.3) is 10.6 Å². The number of hydrogen-bond donors (Lipinski definition) is 2. The Labute approximate surface area is 137 Å². The molecule has 1 spiro atoms. The number of amides is 1. The van der Waals surface area contributed by atoms with Gasteiger partial charge in [-0.2, -0.15) is 0 Å². The van der Waals surface area contributed by atoms with Crippen LogP contribution in [0.5, 0.6) is 0 Å². The lowest BCUT2D eigenvalue weighted by Gasteiger charge is -2.29. The molecule has 1 unspecified atom stereocenters. The van der Waals surface area contributed by atoms with Gasteiger partial charge in [0.2, 0.25) is 0 Å². The molecule has 7 heteroatoms. The van der Waals surface area contributed by atoms with E-state index in [1.165, 1.54) is 11.3 Å². The van der Waals surface area contributed by atoms with Crippen molar-refractivity contribution in [1.29, 1.82) is 0 Å². The largest absolute Gasteiger partial charge is 0.366 e. The molecule has 2 N–H and O–H groups in total. The first-order valence-electron chi connectivity index (χ1n) is 7.74. The molecule has 0 radical (unpaired) electrons. The van der Waals surface area contributed by atoms with Crippen molar-refractivity contribution in [2.24, 2.45) is 0 Å². The van der Waals surface area contributed by atoms with Gasteiger partial charge in [0.15, 0.2) is 0 Å². The Kier molecular flexibility index (Phi) is 3.63. The van der Waals surface area contributed by atoms with E-state index in [2.05, 4.69) is 9.97 Å². The fraction of sp³-hybridized carbons (Fsp3) is 0.438. The van der Waals surface area contributed by atoms with Crippen molar-refractivity contribution >= 4 is 17.2 Å². The van der Waals surface area contributed by atoms with Gasteiger partial charge in [-0.15, -0.1) is 11.3 Å². The molecular weight excluding hydrogens is 314 g/mol. The minimum atomic E-state index is -0.592. The first kappa shape index (κ1) is 14.7. The van der Waals surface area contributed by atoms with E-state index in [9.17, 15) is 4.79 Å². The van der Waals surface area contributed by atoms with Crippen molar-refractivity contribution in [1.82, 2.24) is 15.4 Å². The molecule has 1 saturated carbocycles. The zero-order valence-electron chi connectivity index (χ0n) is 12.5. The molecule has 23 heavy (non-hydrogen) atoms. The van der Waals surface area contributed by atoms with Gasteiger partial charge in [0.25, 0.3) is 5.91 Å². The highest BCUT2D eigenvalue weighted by Gasteiger charge is 2.48. The zero-order chi connectivity index (χ0) is 15.9. The molecule has 2 aromatic rings. The molecular formula is C16H17N3O3S. The predicted octanol–water partition coefficient (Wildman–Crippen LogP) is 3.10. The molecule has 2 fully saturated rings. The van der Waals surface area contributed by atoms with Gasteiger partial charge in [0.1, 0.15) is 10.7 Å². The maximum atomic E-state index is 12.0. The third-order valence-corrected chi connectivity index (χ3v) is 5.67. The second kappa shape index (κ2) is 5.67. The van der Waals surface area contributed by atoms with E-state index in [1.807, 2.05) is 12.1 Å². The van der Waals surface area contributed by atoms with Gasteiger partial charge >= 0.3 is 0 Å². The summed E-state index contributed by atoms with van der Waals surface area (Å²) < 4.78 is 6.25. The van der Waals surface area contributed by atoms with E-state index in [1.54, 1.807) is 17.9 Å². The lowest BCUT2D eigenvalue weighted by Crippen LogP contribution is -2.26. The molecule has 3 heterocycles. The number of hydroxylamine groups is 1. The van der Waals surface area contributed by atoms with Gasteiger partial charge in [0.05, 0.1) is 16.6 Å². The third-order valence-electron chi connectivity index (χ3n) is 4.47. The van der Waals surface area contributed by atoms with Crippen LogP contribution in [0.2, 0.25) is 0 Å². The highest BCUT2D eigenvalue weighted by molar-refractivity contribution is 7.15. The van der Waals surface area contributed by atoms with Crippen LogP contribution in [0.1, 0.15) is 53.6 Å². The average molecular weight is 331 g/mol. The van der Waals surface area contributed by atoms with E-state index in [-0.39, 0.29) is 17.4 Å². The third kappa shape index (κ3) is 2.75. The van der Waals surface area contributed by atoms with Crippen molar-refractivity contribution in [3.05, 3.63) is 35.1 Å². The summed E-state index contributed by atoms with van der Waals surface area (Å²) in [6.07, 6.45) is 8.54. The van der Waals surface area contributed by atoms with Gasteiger partial charge < -0.3 is 4.74 Å². The maximum Gasteiger partial charge on any atom is 0.294 e. The molecule has 1 amide bonds. The monoisotopic (exact) mass is 331 g/mol. The number of carbonyl (C=O) groups is 1. The minimum absolute atomic E-state index is 0.0222. The van der Waals surface area contributed by atoms with E-state index < -0.39 is 5.91 Å². The van der Waals surface area contributed by atoms with Gasteiger partial charge in [-0.05, 0) is 44.2 Å². The Bertz CT molecular complexity index is 727. The highest BCUT2D eigenvalue weighted by Crippen LogP contribution is 2.52. The van der Waals surface area contributed by atoms with E-state index in [4.69, 9.17) is 9.94 Å². The Hall–Kier alpha value is -1.83. The second-order valence-electron chi connectivity index (χ2n) is 6.10. The van der Waals surface area contributed by atoms with Crippen molar-refractivity contribution < 1.29 is 14.7 Å². The molecule has 0 bridgehead atoms. The molecule has 120 valence electrons. The molecule has 1 aliphatic carbocycles. The van der Waals surface area contributed by atoms with Gasteiger partial charge in [-0.25, -0.2) is 10.5 Å². The smallest absolute Gasteiger partial charge is 0.294 e. The first-order valence-corrected chi connectivity index (χ1v) is 8.56. The normalized spacial score (nSPS) is 22.0. The molecule has 2 aromatic heterocycles. The number of thiazole rings is 1. The van der Waals surface area contributed by atoms with Crippen LogP contribution in [0, 0.1) is 0 Å². The fourth-order valence-corrected chi connectivity index (χ4v) is 4.22. The van der Waals surface area contributed by atoms with E-state index in [0.29, 0.717) is 5.01 Å². The Morgan fingerprint density at radius 2 is 2.30 bits per heavy atom. The Morgan fingerprint density at radius 3 is 3.00 bits per heavy atom. The minimum Gasteiger partial charge on any atom is -0.366 e. The average Bonchev–Trinajstić information content (AvgIpc) is 3.18. The van der Waals surface area contributed by atoms with Gasteiger partial charge in [-0.3, -0.25) is 15.0 Å². The number of rotatable bonds is 3. The zero-order valence-corrected chi connectivity index (χ0v) is 13.3. The molecule has 1 saturated heterocycles. The van der Waals surface area contributed by atoms with Crippen LogP contribution in [-0.4, -0.2) is 26.7 Å². The fourth-order valence-electron chi connectivity index (χ4n) is 3.10. The standard InChI is InChI=1S/C16H17N3O3S/c20-14(19-21)12-13(11-4-1-5-16(22-11)6-7-16)23-15(18-12)10-3-2-8-17-9-10/h2-3,8-9,11,21H,1,4-7H2,(H,19,20). The summed E-state index contributed by atoms with van der Waals surface area (Å²) in [5.41, 5.74) is 2.82. The van der Waals surface area contributed by atoms with E-state index >= 15 is 0 Å². The highest BCUT2D eigenvalue weighted by atomic mass is 32.1. The van der Waals surface area contributed by atoms with Gasteiger partial charge in [-0.1, -0.05) is 0 Å². The Balaban J connectivity index is 1.72. The molecule has 0 aromatic carbocycles. The number of pyridine rings is 1. The number of nitrogens with one attached hydrogen (secondary N) is 1. The van der Waals surface area contributed by atoms with Crippen molar-refractivity contribution in [2.75, 3.05) is 0 Å². The summed E-state index contributed by atoms with van der Waals surface area (Å²) in [7, 11) is 0. The number of ether oxygens (including phenoxy) is 1. The summed E-state index contributed by atoms with van der Waals surface area (Å²) in [5, 5.41) is 9.73. The summed E-state index contributed by atoms with van der Waals surface area (Å²) in [6.45, 7) is 0. The number of hydrogen-bond acceptors (Lipinski definition) is 6. The first-order chi connectivity index (χ1) is 11.2. The van der Waals surface area contributed by atoms with Crippen molar-refractivity contribution in [3.8, 4) is 10.6 Å². The van der Waals surface area contributed by atoms with Crippen LogP contribution >= 0.6 is 11.3 Å². The SMILES string of the molecule is O=C(NO)c1nc(-c2cccnc2)sc1C1CCCC2(CC2)O1. The van der Waals surface area contributed by atoms with Crippen LogP contribution in [0.4, 0.5) is 0 Å². The molecule has 1 aliphatic heterocycles. The van der Waals surface area contributed by atoms with Crippen molar-refractivity contribution in [2.45, 2.75) is 43.8 Å². The van der Waals surface area contributed by atoms with Crippen LogP contribution in [0.3, 0.4) is 0 Å². The number of nitrogens with zero attached hydrogens (tertiary/aromatic N) is 2. The summed E-state index contributed by atoms with van der Waals surface area (Å²) in [5.74, 6) is -0.592. The summed E-state index contributed by atoms with van der Waals surface area (Å²) in [4.78, 5) is 21.3. The van der Waals surface area contributed by atoms with Gasteiger partial charge in [0, 0.05) is 18.0 Å². The summed E-state index contributed by atoms with van der Waals surface area (Å²) in [6, 6.07) is 3.73. The maximum absolute atomic E-state index is 12.0. The molecule has 1 atom stereocenters. The molecule has 2 aliphatic rings. The predicted molar refractivity (Wildman–Crippen MR) is 84.2 cm³/mol. The molecule has 4 rings (SSSR count). The topological polar surface area (TPSA) is 84.3 Å². The van der Waals surface area contributed by atoms with Crippen LogP contribution in [0.15, 0.2) is 24.5 Å². The molecule has 6 nitrogen and oxygen atoms in total. The van der Waals surface area contributed by atoms with Crippen LogP contribution < -0.4 is 5.48 Å². The lowest BCUT2D eigenvalue weighted by molar-refractivity contribution is -0.0679. The lowest BCUT2D eigenvalue weighted by atomic mass is 10.0. The number of carbonyl (C=O) groups excluding carboxylic acids is 1. The quantitative estimate of drug-likeness (QED) is 0.667. The van der Waals surface area contributed by atoms with Crippen LogP contribution in [-0.2, 0) is 4.74 Å². The summed E-state index contributed by atoms with van der Waals surface area (Å²) >= 11 is 1.44. The van der Waals surface area contributed by atoms with E-state index in [0.717, 1.165) is 42.5 Å². The second-order valence-corrected chi connectivity index (χ2v) is 7.13. The Morgan fingerprint density at radius 1 is 1.43 bits per heavy atom.